The molecule has 0 aromatic heterocycles. The molecule has 0 bridgehead atoms. The molecule has 1 atom stereocenters. The molecular weight excluding hydrogens is 222 g/mol. The number of hydrogen-bond donors (Lipinski definition) is 2. The molecule has 0 amide bonds. The summed E-state index contributed by atoms with van der Waals surface area (Å²) in [6.45, 7) is 4.36. The van der Waals surface area contributed by atoms with Gasteiger partial charge in [-0.3, -0.25) is 0 Å². The molecule has 1 aromatic rings. The number of aliphatic hydroxyl groups is 1. The van der Waals surface area contributed by atoms with Crippen LogP contribution in [0.1, 0.15) is 36.5 Å². The third-order valence-corrected chi connectivity index (χ3v) is 4.02. The molecular formula is C16H25NO. The average molecular weight is 247 g/mol. The normalized spacial score (nSPS) is 15.7. The van der Waals surface area contributed by atoms with Crippen LogP contribution < -0.4 is 5.32 Å². The minimum atomic E-state index is 0.294. The van der Waals surface area contributed by atoms with Gasteiger partial charge in [0.15, 0.2) is 0 Å². The summed E-state index contributed by atoms with van der Waals surface area (Å²) in [7, 11) is 0. The maximum Gasteiger partial charge on any atom is 0.0471 e. The average Bonchev–Trinajstić information content (AvgIpc) is 2.86. The first-order valence-electron chi connectivity index (χ1n) is 7.25. The van der Waals surface area contributed by atoms with Crippen molar-refractivity contribution in [3.63, 3.8) is 0 Å². The highest BCUT2D eigenvalue weighted by molar-refractivity contribution is 5.35. The number of aliphatic hydroxyl groups excluding tert-OH is 1. The second kappa shape index (κ2) is 6.91. The molecule has 1 unspecified atom stereocenters. The second-order valence-corrected chi connectivity index (χ2v) is 5.37. The first kappa shape index (κ1) is 13.6. The number of aryl methyl sites for hydroxylation is 2. The van der Waals surface area contributed by atoms with Crippen LogP contribution in [0.5, 0.6) is 0 Å². The SMILES string of the molecule is CCC(CO)CNCCc1ccc2c(c1)CCC2. The molecule has 2 N–H and O–H groups in total. The Kier molecular flexibility index (Phi) is 5.21. The van der Waals surface area contributed by atoms with E-state index in [1.54, 1.807) is 11.1 Å². The Morgan fingerprint density at radius 2 is 2.11 bits per heavy atom. The fraction of sp³-hybridized carbons (Fsp3) is 0.625. The Morgan fingerprint density at radius 3 is 2.89 bits per heavy atom. The Labute approximate surface area is 110 Å². The van der Waals surface area contributed by atoms with E-state index in [9.17, 15) is 0 Å². The summed E-state index contributed by atoms with van der Waals surface area (Å²) < 4.78 is 0. The highest BCUT2D eigenvalue weighted by atomic mass is 16.3. The molecule has 2 rings (SSSR count). The molecule has 0 saturated carbocycles. The summed E-state index contributed by atoms with van der Waals surface area (Å²) >= 11 is 0. The minimum absolute atomic E-state index is 0.294. The van der Waals surface area contributed by atoms with Crippen molar-refractivity contribution in [2.75, 3.05) is 19.7 Å². The number of hydrogen-bond acceptors (Lipinski definition) is 2. The highest BCUT2D eigenvalue weighted by Gasteiger charge is 2.10. The standard InChI is InChI=1S/C16H25NO/c1-2-13(12-18)11-17-9-8-14-6-7-15-4-3-5-16(15)10-14/h6-7,10,13,17-18H,2-5,8-9,11-12H2,1H3. The van der Waals surface area contributed by atoms with Gasteiger partial charge in [0.2, 0.25) is 0 Å². The van der Waals surface area contributed by atoms with Crippen molar-refractivity contribution in [3.05, 3.63) is 34.9 Å². The number of nitrogens with one attached hydrogen (secondary N) is 1. The summed E-state index contributed by atoms with van der Waals surface area (Å²) in [5.41, 5.74) is 4.56. The molecule has 18 heavy (non-hydrogen) atoms. The highest BCUT2D eigenvalue weighted by Crippen LogP contribution is 2.22. The lowest BCUT2D eigenvalue weighted by atomic mass is 10.0. The molecule has 2 heteroatoms. The van der Waals surface area contributed by atoms with Crippen LogP contribution >= 0.6 is 0 Å². The molecule has 100 valence electrons. The lowest BCUT2D eigenvalue weighted by molar-refractivity contribution is 0.219. The summed E-state index contributed by atoms with van der Waals surface area (Å²) in [6, 6.07) is 6.96. The molecule has 1 aliphatic carbocycles. The maximum absolute atomic E-state index is 9.11. The van der Waals surface area contributed by atoms with Crippen molar-refractivity contribution in [2.45, 2.75) is 39.0 Å². The second-order valence-electron chi connectivity index (χ2n) is 5.37. The smallest absolute Gasteiger partial charge is 0.0471 e. The fourth-order valence-electron chi connectivity index (χ4n) is 2.66. The number of benzene rings is 1. The van der Waals surface area contributed by atoms with Crippen LogP contribution in [0, 0.1) is 5.92 Å². The van der Waals surface area contributed by atoms with E-state index in [0.29, 0.717) is 12.5 Å². The largest absolute Gasteiger partial charge is 0.396 e. The van der Waals surface area contributed by atoms with Gasteiger partial charge in [0.05, 0.1) is 0 Å². The van der Waals surface area contributed by atoms with Gasteiger partial charge in [-0.15, -0.1) is 0 Å². The first-order chi connectivity index (χ1) is 8.83. The van der Waals surface area contributed by atoms with Crippen LogP contribution in [0.15, 0.2) is 18.2 Å². The van der Waals surface area contributed by atoms with E-state index in [-0.39, 0.29) is 0 Å². The van der Waals surface area contributed by atoms with E-state index in [0.717, 1.165) is 25.9 Å². The summed E-state index contributed by atoms with van der Waals surface area (Å²) in [5.74, 6) is 0.407. The van der Waals surface area contributed by atoms with E-state index < -0.39 is 0 Å². The van der Waals surface area contributed by atoms with Gasteiger partial charge < -0.3 is 10.4 Å². The predicted octanol–water partition coefficient (Wildman–Crippen LogP) is 2.33. The van der Waals surface area contributed by atoms with Crippen LogP contribution in [-0.4, -0.2) is 24.8 Å². The molecule has 0 saturated heterocycles. The molecule has 0 radical (unpaired) electrons. The Morgan fingerprint density at radius 1 is 1.28 bits per heavy atom. The lowest BCUT2D eigenvalue weighted by Crippen LogP contribution is -2.26. The molecule has 0 spiro atoms. The van der Waals surface area contributed by atoms with E-state index in [1.165, 1.54) is 24.8 Å². The van der Waals surface area contributed by atoms with Gasteiger partial charge in [-0.25, -0.2) is 0 Å². The van der Waals surface area contributed by atoms with Crippen LogP contribution in [0.2, 0.25) is 0 Å². The van der Waals surface area contributed by atoms with Crippen LogP contribution in [0.3, 0.4) is 0 Å². The van der Waals surface area contributed by atoms with Gasteiger partial charge in [0.25, 0.3) is 0 Å². The van der Waals surface area contributed by atoms with Crippen molar-refractivity contribution < 1.29 is 5.11 Å². The van der Waals surface area contributed by atoms with Crippen LogP contribution in [0.4, 0.5) is 0 Å². The molecule has 2 nitrogen and oxygen atoms in total. The van der Waals surface area contributed by atoms with Crippen LogP contribution in [-0.2, 0) is 19.3 Å². The topological polar surface area (TPSA) is 32.3 Å². The summed E-state index contributed by atoms with van der Waals surface area (Å²) in [6.07, 6.45) is 5.99. The monoisotopic (exact) mass is 247 g/mol. The zero-order valence-corrected chi connectivity index (χ0v) is 11.4. The van der Waals surface area contributed by atoms with Crippen molar-refractivity contribution in [1.29, 1.82) is 0 Å². The zero-order chi connectivity index (χ0) is 12.8. The van der Waals surface area contributed by atoms with Gasteiger partial charge in [-0.05, 0) is 61.3 Å². The van der Waals surface area contributed by atoms with Crippen molar-refractivity contribution in [3.8, 4) is 0 Å². The van der Waals surface area contributed by atoms with Gasteiger partial charge in [0.1, 0.15) is 0 Å². The molecule has 0 heterocycles. The Balaban J connectivity index is 1.74. The van der Waals surface area contributed by atoms with Gasteiger partial charge in [0, 0.05) is 13.2 Å². The first-order valence-corrected chi connectivity index (χ1v) is 7.25. The van der Waals surface area contributed by atoms with Gasteiger partial charge >= 0.3 is 0 Å². The fourth-order valence-corrected chi connectivity index (χ4v) is 2.66. The summed E-state index contributed by atoms with van der Waals surface area (Å²) in [4.78, 5) is 0. The summed E-state index contributed by atoms with van der Waals surface area (Å²) in [5, 5.41) is 12.6. The Hall–Kier alpha value is -0.860. The van der Waals surface area contributed by atoms with Crippen molar-refractivity contribution in [2.24, 2.45) is 5.92 Å². The number of fused-ring (bicyclic) bond motifs is 1. The quantitative estimate of drug-likeness (QED) is 0.725. The molecule has 0 aliphatic heterocycles. The lowest BCUT2D eigenvalue weighted by Gasteiger charge is -2.12. The van der Waals surface area contributed by atoms with Crippen molar-refractivity contribution >= 4 is 0 Å². The Bertz CT molecular complexity index is 371. The third kappa shape index (κ3) is 3.56. The zero-order valence-electron chi connectivity index (χ0n) is 11.4. The van der Waals surface area contributed by atoms with E-state index in [2.05, 4.69) is 30.4 Å². The molecule has 1 aliphatic rings. The molecule has 1 aromatic carbocycles. The third-order valence-electron chi connectivity index (χ3n) is 4.02. The van der Waals surface area contributed by atoms with E-state index in [4.69, 9.17) is 5.11 Å². The van der Waals surface area contributed by atoms with E-state index in [1.807, 2.05) is 0 Å². The van der Waals surface area contributed by atoms with Gasteiger partial charge in [-0.1, -0.05) is 25.1 Å². The maximum atomic E-state index is 9.11. The van der Waals surface area contributed by atoms with E-state index >= 15 is 0 Å². The van der Waals surface area contributed by atoms with Crippen LogP contribution in [0.25, 0.3) is 0 Å². The molecule has 0 fully saturated rings. The van der Waals surface area contributed by atoms with Crippen molar-refractivity contribution in [1.82, 2.24) is 5.32 Å². The minimum Gasteiger partial charge on any atom is -0.396 e. The number of rotatable bonds is 7. The van der Waals surface area contributed by atoms with Gasteiger partial charge in [-0.2, -0.15) is 0 Å². The predicted molar refractivity (Wildman–Crippen MR) is 75.9 cm³/mol.